The summed E-state index contributed by atoms with van der Waals surface area (Å²) in [5.41, 5.74) is 4.10. The summed E-state index contributed by atoms with van der Waals surface area (Å²) in [4.78, 5) is 2.63. The lowest BCUT2D eigenvalue weighted by molar-refractivity contribution is 0.175. The second kappa shape index (κ2) is 7.06. The van der Waals surface area contributed by atoms with E-state index in [1.54, 1.807) is 12.1 Å². The minimum atomic E-state index is -0.0851. The number of likely N-dealkylation sites (tertiary alicyclic amines) is 1. The maximum atomic E-state index is 13.5. The molecule has 0 N–H and O–H groups in total. The molecule has 2 aliphatic rings. The van der Waals surface area contributed by atoms with Crippen LogP contribution in [0, 0.1) is 11.7 Å². The molecule has 0 saturated carbocycles. The summed E-state index contributed by atoms with van der Waals surface area (Å²) in [7, 11) is 0. The van der Waals surface area contributed by atoms with Crippen molar-refractivity contribution in [3.8, 4) is 0 Å². The second-order valence-corrected chi connectivity index (χ2v) is 7.51. The van der Waals surface area contributed by atoms with E-state index in [-0.39, 0.29) is 5.82 Å². The normalized spacial score (nSPS) is 22.3. The van der Waals surface area contributed by atoms with Gasteiger partial charge in [0.1, 0.15) is 5.82 Å². The molecule has 1 nitrogen and oxygen atoms in total. The molecule has 24 heavy (non-hydrogen) atoms. The van der Waals surface area contributed by atoms with Gasteiger partial charge in [0.15, 0.2) is 0 Å². The molecule has 1 aliphatic carbocycles. The van der Waals surface area contributed by atoms with E-state index in [0.717, 1.165) is 18.8 Å². The maximum absolute atomic E-state index is 13.5. The van der Waals surface area contributed by atoms with Crippen LogP contribution in [0.15, 0.2) is 48.5 Å². The molecule has 2 heteroatoms. The van der Waals surface area contributed by atoms with Crippen molar-refractivity contribution in [2.75, 3.05) is 19.6 Å². The quantitative estimate of drug-likeness (QED) is 0.783. The van der Waals surface area contributed by atoms with Gasteiger partial charge in [-0.05, 0) is 85.9 Å². The van der Waals surface area contributed by atoms with Crippen LogP contribution < -0.4 is 0 Å². The Morgan fingerprint density at radius 2 is 1.71 bits per heavy atom. The highest BCUT2D eigenvalue weighted by atomic mass is 19.1. The molecule has 1 unspecified atom stereocenters. The van der Waals surface area contributed by atoms with Crippen molar-refractivity contribution in [2.24, 2.45) is 5.92 Å². The SMILES string of the molecule is Fc1ccc2c(c1)CC(CN1CCC(c3ccccc3)CC1)CC2. The van der Waals surface area contributed by atoms with Crippen LogP contribution in [0.25, 0.3) is 0 Å². The fourth-order valence-corrected chi connectivity index (χ4v) is 4.50. The van der Waals surface area contributed by atoms with Gasteiger partial charge in [-0.3, -0.25) is 0 Å². The number of halogens is 1. The zero-order chi connectivity index (χ0) is 16.4. The number of piperidine rings is 1. The van der Waals surface area contributed by atoms with Gasteiger partial charge < -0.3 is 4.90 Å². The van der Waals surface area contributed by atoms with Crippen molar-refractivity contribution in [2.45, 2.75) is 38.0 Å². The van der Waals surface area contributed by atoms with Crippen LogP contribution in [0.2, 0.25) is 0 Å². The van der Waals surface area contributed by atoms with Crippen molar-refractivity contribution in [3.05, 3.63) is 71.0 Å². The Labute approximate surface area is 144 Å². The van der Waals surface area contributed by atoms with E-state index in [0.29, 0.717) is 5.92 Å². The summed E-state index contributed by atoms with van der Waals surface area (Å²) >= 11 is 0. The largest absolute Gasteiger partial charge is 0.303 e. The molecule has 2 aromatic carbocycles. The van der Waals surface area contributed by atoms with Crippen molar-refractivity contribution in [3.63, 3.8) is 0 Å². The van der Waals surface area contributed by atoms with Crippen LogP contribution in [0.3, 0.4) is 0 Å². The van der Waals surface area contributed by atoms with Gasteiger partial charge >= 0.3 is 0 Å². The standard InChI is InChI=1S/C22H26FN/c23-22-9-8-19-7-6-17(14-21(19)15-22)16-24-12-10-20(11-13-24)18-4-2-1-3-5-18/h1-5,8-9,15,17,20H,6-7,10-14,16H2. The van der Waals surface area contributed by atoms with E-state index < -0.39 is 0 Å². The number of hydrogen-bond donors (Lipinski definition) is 0. The first-order chi connectivity index (χ1) is 11.8. The summed E-state index contributed by atoms with van der Waals surface area (Å²) < 4.78 is 13.5. The minimum Gasteiger partial charge on any atom is -0.303 e. The number of hydrogen-bond acceptors (Lipinski definition) is 1. The van der Waals surface area contributed by atoms with E-state index in [1.165, 1.54) is 55.6 Å². The first kappa shape index (κ1) is 15.8. The van der Waals surface area contributed by atoms with Gasteiger partial charge in [-0.1, -0.05) is 36.4 Å². The Balaban J connectivity index is 1.32. The van der Waals surface area contributed by atoms with Crippen molar-refractivity contribution < 1.29 is 4.39 Å². The summed E-state index contributed by atoms with van der Waals surface area (Å²) in [6.45, 7) is 3.58. The molecule has 2 aromatic rings. The third kappa shape index (κ3) is 3.54. The number of benzene rings is 2. The highest BCUT2D eigenvalue weighted by molar-refractivity contribution is 5.30. The van der Waals surface area contributed by atoms with Crippen LogP contribution >= 0.6 is 0 Å². The zero-order valence-corrected chi connectivity index (χ0v) is 14.3. The Kier molecular flexibility index (Phi) is 4.66. The fourth-order valence-electron chi connectivity index (χ4n) is 4.50. The van der Waals surface area contributed by atoms with Gasteiger partial charge in [0.25, 0.3) is 0 Å². The predicted molar refractivity (Wildman–Crippen MR) is 96.8 cm³/mol. The lowest BCUT2D eigenvalue weighted by atomic mass is 9.83. The first-order valence-electron chi connectivity index (χ1n) is 9.32. The highest BCUT2D eigenvalue weighted by Crippen LogP contribution is 2.31. The first-order valence-corrected chi connectivity index (χ1v) is 9.32. The summed E-state index contributed by atoms with van der Waals surface area (Å²) in [5, 5.41) is 0. The van der Waals surface area contributed by atoms with Gasteiger partial charge in [-0.15, -0.1) is 0 Å². The fraction of sp³-hybridized carbons (Fsp3) is 0.455. The average molecular weight is 323 g/mol. The Hall–Kier alpha value is -1.67. The Morgan fingerprint density at radius 3 is 2.50 bits per heavy atom. The molecule has 126 valence electrons. The molecule has 1 atom stereocenters. The number of aryl methyl sites for hydroxylation is 1. The molecule has 0 bridgehead atoms. The molecular weight excluding hydrogens is 297 g/mol. The third-order valence-corrected chi connectivity index (χ3v) is 5.87. The Bertz CT molecular complexity index is 674. The third-order valence-electron chi connectivity index (χ3n) is 5.87. The molecule has 1 saturated heterocycles. The van der Waals surface area contributed by atoms with Crippen molar-refractivity contribution in [1.82, 2.24) is 4.90 Å². The molecule has 0 spiro atoms. The lowest BCUT2D eigenvalue weighted by Crippen LogP contribution is -2.38. The number of rotatable bonds is 3. The van der Waals surface area contributed by atoms with E-state index in [4.69, 9.17) is 0 Å². The minimum absolute atomic E-state index is 0.0851. The molecule has 0 amide bonds. The van der Waals surface area contributed by atoms with Gasteiger partial charge in [-0.25, -0.2) is 4.39 Å². The van der Waals surface area contributed by atoms with Crippen LogP contribution in [0.5, 0.6) is 0 Å². The molecular formula is C22H26FN. The molecule has 0 radical (unpaired) electrons. The van der Waals surface area contributed by atoms with Crippen molar-refractivity contribution >= 4 is 0 Å². The van der Waals surface area contributed by atoms with Crippen LogP contribution in [-0.4, -0.2) is 24.5 Å². The predicted octanol–water partition coefficient (Wildman–Crippen LogP) is 4.81. The summed E-state index contributed by atoms with van der Waals surface area (Å²) in [6, 6.07) is 16.3. The lowest BCUT2D eigenvalue weighted by Gasteiger charge is -2.36. The molecule has 4 rings (SSSR count). The zero-order valence-electron chi connectivity index (χ0n) is 14.3. The van der Waals surface area contributed by atoms with Crippen LogP contribution in [0.4, 0.5) is 4.39 Å². The van der Waals surface area contributed by atoms with E-state index in [1.807, 2.05) is 6.07 Å². The highest BCUT2D eigenvalue weighted by Gasteiger charge is 2.25. The monoisotopic (exact) mass is 323 g/mol. The summed E-state index contributed by atoms with van der Waals surface area (Å²) in [6.07, 6.45) is 5.94. The number of nitrogens with zero attached hydrogens (tertiary/aromatic N) is 1. The second-order valence-electron chi connectivity index (χ2n) is 7.51. The van der Waals surface area contributed by atoms with Gasteiger partial charge in [0.05, 0.1) is 0 Å². The molecule has 0 aromatic heterocycles. The smallest absolute Gasteiger partial charge is 0.123 e. The molecule has 1 fully saturated rings. The molecule has 1 aliphatic heterocycles. The van der Waals surface area contributed by atoms with E-state index in [2.05, 4.69) is 35.2 Å². The average Bonchev–Trinajstić information content (AvgIpc) is 2.63. The maximum Gasteiger partial charge on any atom is 0.123 e. The van der Waals surface area contributed by atoms with E-state index in [9.17, 15) is 4.39 Å². The van der Waals surface area contributed by atoms with Gasteiger partial charge in [-0.2, -0.15) is 0 Å². The molecule has 1 heterocycles. The summed E-state index contributed by atoms with van der Waals surface area (Å²) in [5.74, 6) is 1.33. The van der Waals surface area contributed by atoms with Crippen LogP contribution in [-0.2, 0) is 12.8 Å². The van der Waals surface area contributed by atoms with Gasteiger partial charge in [0.2, 0.25) is 0 Å². The van der Waals surface area contributed by atoms with Crippen LogP contribution in [0.1, 0.15) is 41.9 Å². The van der Waals surface area contributed by atoms with Crippen molar-refractivity contribution in [1.29, 1.82) is 0 Å². The van der Waals surface area contributed by atoms with E-state index >= 15 is 0 Å². The Morgan fingerprint density at radius 1 is 0.917 bits per heavy atom. The number of fused-ring (bicyclic) bond motifs is 1. The topological polar surface area (TPSA) is 3.24 Å². The van der Waals surface area contributed by atoms with Gasteiger partial charge in [0, 0.05) is 6.54 Å².